The van der Waals surface area contributed by atoms with Crippen LogP contribution in [0.15, 0.2) is 46.1 Å². The van der Waals surface area contributed by atoms with Crippen LogP contribution in [0.3, 0.4) is 0 Å². The van der Waals surface area contributed by atoms with Gasteiger partial charge in [0.2, 0.25) is 5.88 Å². The maximum absolute atomic E-state index is 11.9. The molecule has 17 heavy (non-hydrogen) atoms. The molecule has 0 spiro atoms. The largest absolute Gasteiger partial charge is 0.438 e. The van der Waals surface area contributed by atoms with Crippen LogP contribution in [0.2, 0.25) is 0 Å². The summed E-state index contributed by atoms with van der Waals surface area (Å²) in [7, 11) is 0. The number of rotatable bonds is 1. The van der Waals surface area contributed by atoms with Crippen molar-refractivity contribution in [2.75, 3.05) is 0 Å². The second kappa shape index (κ2) is 3.55. The number of hydrogen-bond acceptors (Lipinski definition) is 4. The Morgan fingerprint density at radius 2 is 2.24 bits per heavy atom. The highest BCUT2D eigenvalue weighted by Crippen LogP contribution is 2.17. The second-order valence-electron chi connectivity index (χ2n) is 3.74. The van der Waals surface area contributed by atoms with Gasteiger partial charge in [-0.3, -0.25) is 4.79 Å². The van der Waals surface area contributed by atoms with E-state index in [4.69, 9.17) is 4.42 Å². The molecule has 3 rings (SSSR count). The normalized spacial score (nSPS) is 10.9. The third-order valence-electron chi connectivity index (χ3n) is 2.58. The minimum absolute atomic E-state index is 0.0829. The molecule has 0 saturated heterocycles. The van der Waals surface area contributed by atoms with Crippen molar-refractivity contribution in [1.82, 2.24) is 14.8 Å². The van der Waals surface area contributed by atoms with Crippen molar-refractivity contribution >= 4 is 11.0 Å². The number of hydrogen-bond donors (Lipinski definition) is 0. The summed E-state index contributed by atoms with van der Waals surface area (Å²) in [6.07, 6.45) is 2.88. The van der Waals surface area contributed by atoms with Gasteiger partial charge in [0.05, 0.1) is 5.39 Å². The summed E-state index contributed by atoms with van der Waals surface area (Å²) in [5.41, 5.74) is 1.42. The molecule has 84 valence electrons. The molecular formula is C12H9N3O2. The van der Waals surface area contributed by atoms with Gasteiger partial charge in [0, 0.05) is 6.07 Å². The number of para-hydroxylation sites is 1. The summed E-state index contributed by atoms with van der Waals surface area (Å²) in [5, 5.41) is 4.51. The van der Waals surface area contributed by atoms with Gasteiger partial charge in [-0.15, -0.1) is 0 Å². The molecule has 0 radical (unpaired) electrons. The zero-order valence-corrected chi connectivity index (χ0v) is 9.12. The molecule has 0 aliphatic rings. The Hall–Kier alpha value is -2.43. The lowest BCUT2D eigenvalue weighted by atomic mass is 10.1. The molecule has 0 N–H and O–H groups in total. The van der Waals surface area contributed by atoms with Crippen LogP contribution in [0.4, 0.5) is 0 Å². The van der Waals surface area contributed by atoms with Gasteiger partial charge in [-0.2, -0.15) is 9.78 Å². The molecular weight excluding hydrogens is 218 g/mol. The first-order valence-electron chi connectivity index (χ1n) is 5.14. The summed E-state index contributed by atoms with van der Waals surface area (Å²) in [6, 6.07) is 6.90. The third-order valence-corrected chi connectivity index (χ3v) is 2.58. The van der Waals surface area contributed by atoms with Crippen molar-refractivity contribution in [3.05, 3.63) is 52.7 Å². The van der Waals surface area contributed by atoms with Crippen LogP contribution in [0.5, 0.6) is 0 Å². The van der Waals surface area contributed by atoms with Crippen molar-refractivity contribution in [3.63, 3.8) is 0 Å². The zero-order chi connectivity index (χ0) is 11.8. The van der Waals surface area contributed by atoms with Gasteiger partial charge >= 0.3 is 0 Å². The molecule has 0 aliphatic heterocycles. The van der Waals surface area contributed by atoms with Crippen LogP contribution in [0.25, 0.3) is 16.9 Å². The van der Waals surface area contributed by atoms with Gasteiger partial charge in [-0.25, -0.2) is 4.98 Å². The molecule has 0 aliphatic carbocycles. The number of aromatic nitrogens is 3. The van der Waals surface area contributed by atoms with Gasteiger partial charge < -0.3 is 4.42 Å². The van der Waals surface area contributed by atoms with E-state index in [1.807, 2.05) is 19.1 Å². The van der Waals surface area contributed by atoms with Gasteiger partial charge in [-0.1, -0.05) is 12.1 Å². The molecule has 0 bridgehead atoms. The van der Waals surface area contributed by atoms with Gasteiger partial charge in [-0.05, 0) is 18.6 Å². The van der Waals surface area contributed by atoms with E-state index in [1.165, 1.54) is 23.4 Å². The van der Waals surface area contributed by atoms with Crippen LogP contribution < -0.4 is 5.43 Å². The molecule has 0 amide bonds. The van der Waals surface area contributed by atoms with Crippen LogP contribution >= 0.6 is 0 Å². The summed E-state index contributed by atoms with van der Waals surface area (Å²) in [4.78, 5) is 15.7. The van der Waals surface area contributed by atoms with Gasteiger partial charge in [0.1, 0.15) is 18.2 Å². The molecule has 0 fully saturated rings. The van der Waals surface area contributed by atoms with Crippen molar-refractivity contribution in [2.24, 2.45) is 0 Å². The molecule has 1 aromatic carbocycles. The average Bonchev–Trinajstić information content (AvgIpc) is 2.84. The Bertz CT molecular complexity index is 729. The predicted molar refractivity (Wildman–Crippen MR) is 62.1 cm³/mol. The van der Waals surface area contributed by atoms with Crippen LogP contribution in [0.1, 0.15) is 5.56 Å². The monoisotopic (exact) mass is 227 g/mol. The summed E-state index contributed by atoms with van der Waals surface area (Å²) < 4.78 is 7.10. The topological polar surface area (TPSA) is 60.9 Å². The highest BCUT2D eigenvalue weighted by atomic mass is 16.4. The molecule has 0 atom stereocenters. The van der Waals surface area contributed by atoms with E-state index in [-0.39, 0.29) is 5.43 Å². The molecule has 5 nitrogen and oxygen atoms in total. The van der Waals surface area contributed by atoms with Gasteiger partial charge in [0.25, 0.3) is 0 Å². The Morgan fingerprint density at radius 3 is 3.00 bits per heavy atom. The van der Waals surface area contributed by atoms with E-state index < -0.39 is 0 Å². The number of nitrogens with zero attached hydrogens (tertiary/aromatic N) is 3. The predicted octanol–water partition coefficient (Wildman–Crippen LogP) is 1.68. The summed E-state index contributed by atoms with van der Waals surface area (Å²) >= 11 is 0. The lowest BCUT2D eigenvalue weighted by molar-refractivity contribution is 0.545. The van der Waals surface area contributed by atoms with E-state index >= 15 is 0 Å². The summed E-state index contributed by atoms with van der Waals surface area (Å²) in [6.45, 7) is 1.90. The van der Waals surface area contributed by atoms with E-state index in [1.54, 1.807) is 6.07 Å². The number of fused-ring (bicyclic) bond motifs is 1. The van der Waals surface area contributed by atoms with Crippen molar-refractivity contribution in [2.45, 2.75) is 6.92 Å². The molecule has 2 aromatic heterocycles. The van der Waals surface area contributed by atoms with Crippen molar-refractivity contribution in [1.29, 1.82) is 0 Å². The SMILES string of the molecule is Cc1cccc2c(=O)cc(-n3cncn3)oc12. The van der Waals surface area contributed by atoms with Crippen LogP contribution in [0, 0.1) is 6.92 Å². The van der Waals surface area contributed by atoms with E-state index in [9.17, 15) is 4.79 Å². The highest BCUT2D eigenvalue weighted by molar-refractivity contribution is 5.79. The van der Waals surface area contributed by atoms with E-state index in [0.29, 0.717) is 16.9 Å². The number of aryl methyl sites for hydroxylation is 1. The lowest BCUT2D eigenvalue weighted by Gasteiger charge is -2.03. The smallest absolute Gasteiger partial charge is 0.225 e. The fourth-order valence-electron chi connectivity index (χ4n) is 1.74. The fourth-order valence-corrected chi connectivity index (χ4v) is 1.74. The Labute approximate surface area is 96.3 Å². The summed E-state index contributed by atoms with van der Waals surface area (Å²) in [5.74, 6) is 0.370. The van der Waals surface area contributed by atoms with Crippen molar-refractivity contribution < 1.29 is 4.42 Å². The molecule has 2 heterocycles. The van der Waals surface area contributed by atoms with Gasteiger partial charge in [0.15, 0.2) is 5.43 Å². The first-order valence-corrected chi connectivity index (χ1v) is 5.14. The zero-order valence-electron chi connectivity index (χ0n) is 9.12. The van der Waals surface area contributed by atoms with Crippen LogP contribution in [-0.2, 0) is 0 Å². The maximum atomic E-state index is 11.9. The van der Waals surface area contributed by atoms with E-state index in [0.717, 1.165) is 5.56 Å². The standard InChI is InChI=1S/C12H9N3O2/c1-8-3-2-4-9-10(16)5-11(17-12(8)9)15-7-13-6-14-15/h2-7H,1H3. The Kier molecular flexibility index (Phi) is 2.04. The first-order chi connectivity index (χ1) is 8.25. The molecule has 3 aromatic rings. The molecule has 0 saturated carbocycles. The third kappa shape index (κ3) is 1.52. The van der Waals surface area contributed by atoms with Crippen molar-refractivity contribution in [3.8, 4) is 5.88 Å². The molecule has 0 unspecified atom stereocenters. The first kappa shape index (κ1) is 9.77. The fraction of sp³-hybridized carbons (Fsp3) is 0.0833. The highest BCUT2D eigenvalue weighted by Gasteiger charge is 2.08. The second-order valence-corrected chi connectivity index (χ2v) is 3.74. The number of benzene rings is 1. The Morgan fingerprint density at radius 1 is 1.35 bits per heavy atom. The van der Waals surface area contributed by atoms with Crippen LogP contribution in [-0.4, -0.2) is 14.8 Å². The Balaban J connectivity index is 2.38. The van der Waals surface area contributed by atoms with E-state index in [2.05, 4.69) is 10.1 Å². The quantitative estimate of drug-likeness (QED) is 0.634. The molecule has 5 heteroatoms. The minimum Gasteiger partial charge on any atom is -0.438 e. The maximum Gasteiger partial charge on any atom is 0.225 e. The minimum atomic E-state index is -0.0829. The average molecular weight is 227 g/mol. The lowest BCUT2D eigenvalue weighted by Crippen LogP contribution is -2.05.